The highest BCUT2D eigenvalue weighted by atomic mass is 19.3. The summed E-state index contributed by atoms with van der Waals surface area (Å²) in [5, 5.41) is 6.21. The summed E-state index contributed by atoms with van der Waals surface area (Å²) in [4.78, 5) is 8.64. The maximum Gasteiger partial charge on any atom is 0.387 e. The summed E-state index contributed by atoms with van der Waals surface area (Å²) in [7, 11) is 1.61. The van der Waals surface area contributed by atoms with Crippen LogP contribution < -0.4 is 20.1 Å². The molecule has 9 heteroatoms. The minimum absolute atomic E-state index is 0.00606. The number of guanidine groups is 1. The molecule has 0 radical (unpaired) electrons. The fraction of sp³-hybridized carbons (Fsp3) is 0.304. The normalized spacial score (nSPS) is 11.5. The number of alkyl halides is 2. The number of ether oxygens (including phenoxy) is 2. The van der Waals surface area contributed by atoms with Gasteiger partial charge in [0.2, 0.25) is 5.89 Å². The van der Waals surface area contributed by atoms with Gasteiger partial charge in [-0.1, -0.05) is 29.8 Å². The molecule has 170 valence electrons. The Hall–Kier alpha value is -3.62. The van der Waals surface area contributed by atoms with Gasteiger partial charge in [-0.05, 0) is 32.0 Å². The van der Waals surface area contributed by atoms with Crippen LogP contribution >= 0.6 is 0 Å². The molecular formula is C23H26F2N4O3. The quantitative estimate of drug-likeness (QED) is 0.373. The van der Waals surface area contributed by atoms with Gasteiger partial charge >= 0.3 is 6.61 Å². The lowest BCUT2D eigenvalue weighted by molar-refractivity contribution is -0.0520. The summed E-state index contributed by atoms with van der Waals surface area (Å²) >= 11 is 0. The van der Waals surface area contributed by atoms with E-state index in [1.54, 1.807) is 38.4 Å². The summed E-state index contributed by atoms with van der Waals surface area (Å²) in [6.07, 6.45) is 1.58. The molecule has 0 aliphatic heterocycles. The molecule has 0 bridgehead atoms. The van der Waals surface area contributed by atoms with Crippen LogP contribution in [-0.4, -0.2) is 31.2 Å². The lowest BCUT2D eigenvalue weighted by Crippen LogP contribution is -2.36. The van der Waals surface area contributed by atoms with Crippen molar-refractivity contribution in [3.63, 3.8) is 0 Å². The van der Waals surface area contributed by atoms with Crippen molar-refractivity contribution in [3.05, 3.63) is 65.5 Å². The van der Waals surface area contributed by atoms with Crippen LogP contribution in [0, 0.1) is 6.92 Å². The smallest absolute Gasteiger partial charge is 0.387 e. The first kappa shape index (κ1) is 23.1. The molecule has 0 aliphatic carbocycles. The van der Waals surface area contributed by atoms with Crippen LogP contribution in [0.5, 0.6) is 11.5 Å². The molecule has 3 aromatic rings. The molecule has 1 aromatic heterocycles. The average Bonchev–Trinajstić information content (AvgIpc) is 3.25. The van der Waals surface area contributed by atoms with E-state index >= 15 is 0 Å². The second kappa shape index (κ2) is 11.1. The highest BCUT2D eigenvalue weighted by Crippen LogP contribution is 2.32. The van der Waals surface area contributed by atoms with E-state index in [0.717, 1.165) is 11.1 Å². The Morgan fingerprint density at radius 2 is 1.88 bits per heavy atom. The minimum atomic E-state index is -2.96. The number of nitrogens with one attached hydrogen (secondary N) is 2. The number of halogens is 2. The van der Waals surface area contributed by atoms with Crippen molar-refractivity contribution in [3.8, 4) is 23.0 Å². The molecule has 0 saturated carbocycles. The van der Waals surface area contributed by atoms with Crippen molar-refractivity contribution in [2.75, 3.05) is 13.7 Å². The van der Waals surface area contributed by atoms with E-state index in [9.17, 15) is 8.78 Å². The van der Waals surface area contributed by atoms with E-state index in [0.29, 0.717) is 36.3 Å². The summed E-state index contributed by atoms with van der Waals surface area (Å²) in [6.45, 7) is 1.74. The van der Waals surface area contributed by atoms with E-state index in [1.807, 2.05) is 31.2 Å². The Kier molecular flexibility index (Phi) is 8.02. The Bertz CT molecular complexity index is 1040. The van der Waals surface area contributed by atoms with Gasteiger partial charge in [0.15, 0.2) is 17.5 Å². The molecule has 0 fully saturated rings. The topological polar surface area (TPSA) is 80.9 Å². The second-order valence-electron chi connectivity index (χ2n) is 6.85. The van der Waals surface area contributed by atoms with Crippen LogP contribution in [0.1, 0.15) is 23.7 Å². The van der Waals surface area contributed by atoms with Crippen molar-refractivity contribution in [1.29, 1.82) is 0 Å². The predicted octanol–water partition coefficient (Wildman–Crippen LogP) is 4.52. The summed E-state index contributed by atoms with van der Waals surface area (Å²) in [5.41, 5.74) is 3.27. The van der Waals surface area contributed by atoms with Gasteiger partial charge in [-0.15, -0.1) is 0 Å². The maximum atomic E-state index is 12.9. The van der Waals surface area contributed by atoms with Crippen LogP contribution in [0.15, 0.2) is 58.1 Å². The molecule has 7 nitrogen and oxygen atoms in total. The monoisotopic (exact) mass is 444 g/mol. The van der Waals surface area contributed by atoms with Crippen LogP contribution in [-0.2, 0) is 13.1 Å². The third-order valence-corrected chi connectivity index (χ3v) is 4.52. The maximum absolute atomic E-state index is 12.9. The van der Waals surface area contributed by atoms with Gasteiger partial charge in [0, 0.05) is 24.7 Å². The lowest BCUT2D eigenvalue weighted by Gasteiger charge is -2.17. The highest BCUT2D eigenvalue weighted by molar-refractivity contribution is 5.79. The van der Waals surface area contributed by atoms with Crippen LogP contribution in [0.2, 0.25) is 0 Å². The third-order valence-electron chi connectivity index (χ3n) is 4.52. The Morgan fingerprint density at radius 1 is 1.12 bits per heavy atom. The van der Waals surface area contributed by atoms with Crippen LogP contribution in [0.25, 0.3) is 11.5 Å². The number of para-hydroxylation sites is 1. The fourth-order valence-electron chi connectivity index (χ4n) is 2.98. The van der Waals surface area contributed by atoms with Crippen molar-refractivity contribution in [2.45, 2.75) is 33.5 Å². The number of oxazole rings is 1. The van der Waals surface area contributed by atoms with Gasteiger partial charge in [-0.25, -0.2) is 4.98 Å². The Labute approximate surface area is 185 Å². The molecule has 0 amide bonds. The first-order chi connectivity index (χ1) is 15.5. The minimum Gasteiger partial charge on any atom is -0.490 e. The molecule has 32 heavy (non-hydrogen) atoms. The third kappa shape index (κ3) is 6.19. The van der Waals surface area contributed by atoms with Crippen molar-refractivity contribution >= 4 is 5.96 Å². The predicted molar refractivity (Wildman–Crippen MR) is 118 cm³/mol. The molecule has 0 aliphatic rings. The van der Waals surface area contributed by atoms with Crippen molar-refractivity contribution < 1.29 is 22.7 Å². The van der Waals surface area contributed by atoms with Crippen molar-refractivity contribution in [1.82, 2.24) is 15.6 Å². The first-order valence-corrected chi connectivity index (χ1v) is 10.2. The van der Waals surface area contributed by atoms with Gasteiger partial charge in [0.25, 0.3) is 0 Å². The number of aryl methyl sites for hydroxylation is 1. The molecule has 0 atom stereocenters. The van der Waals surface area contributed by atoms with E-state index < -0.39 is 6.61 Å². The Morgan fingerprint density at radius 3 is 2.56 bits per heavy atom. The number of nitrogens with zero attached hydrogens (tertiary/aromatic N) is 2. The number of aliphatic imine (C=N–C) groups is 1. The van der Waals surface area contributed by atoms with Crippen LogP contribution in [0.4, 0.5) is 8.78 Å². The molecule has 0 saturated heterocycles. The largest absolute Gasteiger partial charge is 0.490 e. The number of aromatic nitrogens is 1. The second-order valence-corrected chi connectivity index (χ2v) is 6.85. The summed E-state index contributed by atoms with van der Waals surface area (Å²) in [6, 6.07) is 12.9. The molecule has 2 aromatic carbocycles. The van der Waals surface area contributed by atoms with Crippen LogP contribution in [0.3, 0.4) is 0 Å². The standard InChI is InChI=1S/C23H26F2N4O3/c1-4-30-19-7-5-6-17(20(19)32-22(24)25)12-27-23(26-3)28-13-18-14-31-21(29-18)16-10-8-15(2)9-11-16/h5-11,14,22H,4,12-13H2,1-3H3,(H2,26,27,28). The molecular weight excluding hydrogens is 418 g/mol. The van der Waals surface area contributed by atoms with Gasteiger partial charge in [0.1, 0.15) is 6.26 Å². The number of benzene rings is 2. The van der Waals surface area contributed by atoms with E-state index in [-0.39, 0.29) is 18.0 Å². The summed E-state index contributed by atoms with van der Waals surface area (Å²) < 4.78 is 41.4. The Balaban J connectivity index is 1.61. The summed E-state index contributed by atoms with van der Waals surface area (Å²) in [5.74, 6) is 1.27. The van der Waals surface area contributed by atoms with Gasteiger partial charge in [0.05, 0.1) is 18.8 Å². The van der Waals surface area contributed by atoms with E-state index in [1.165, 1.54) is 0 Å². The van der Waals surface area contributed by atoms with E-state index in [4.69, 9.17) is 13.9 Å². The van der Waals surface area contributed by atoms with Gasteiger partial charge in [-0.2, -0.15) is 8.78 Å². The number of hydrogen-bond donors (Lipinski definition) is 2. The van der Waals surface area contributed by atoms with Gasteiger partial charge in [-0.3, -0.25) is 4.99 Å². The lowest BCUT2D eigenvalue weighted by atomic mass is 10.1. The number of hydrogen-bond acceptors (Lipinski definition) is 5. The fourth-order valence-corrected chi connectivity index (χ4v) is 2.98. The molecule has 2 N–H and O–H groups in total. The molecule has 0 unspecified atom stereocenters. The first-order valence-electron chi connectivity index (χ1n) is 10.2. The SMILES string of the molecule is CCOc1cccc(CNC(=NC)NCc2coc(-c3ccc(C)cc3)n2)c1OC(F)F. The molecule has 0 spiro atoms. The van der Waals surface area contributed by atoms with E-state index in [2.05, 4.69) is 20.6 Å². The average molecular weight is 444 g/mol. The highest BCUT2D eigenvalue weighted by Gasteiger charge is 2.16. The zero-order valence-corrected chi connectivity index (χ0v) is 18.2. The van der Waals surface area contributed by atoms with Crippen molar-refractivity contribution in [2.24, 2.45) is 4.99 Å². The number of rotatable bonds is 9. The molecule has 1 heterocycles. The zero-order valence-electron chi connectivity index (χ0n) is 18.2. The zero-order chi connectivity index (χ0) is 22.9. The molecule has 3 rings (SSSR count). The van der Waals surface area contributed by atoms with Gasteiger partial charge < -0.3 is 24.5 Å².